The Morgan fingerprint density at radius 2 is 2.35 bits per heavy atom. The van der Waals surface area contributed by atoms with E-state index >= 15 is 0 Å². The number of ether oxygens (including phenoxy) is 1. The van der Waals surface area contributed by atoms with Gasteiger partial charge in [0.2, 0.25) is 0 Å². The van der Waals surface area contributed by atoms with Crippen LogP contribution in [0.3, 0.4) is 0 Å². The molecule has 0 atom stereocenters. The summed E-state index contributed by atoms with van der Waals surface area (Å²) in [5.41, 5.74) is 1.24. The SMILES string of the molecule is O=c1[nH]c(-c2occc2Br)nc2c1COCC2. The maximum absolute atomic E-state index is 11.9. The standard InChI is InChI=1S/C11H9BrN2O3/c12-7-1-4-17-9(7)10-13-8-2-3-16-5-6(8)11(15)14-10/h1,4H,2-3,5H2,(H,13,14,15). The maximum atomic E-state index is 11.9. The van der Waals surface area contributed by atoms with Gasteiger partial charge in [-0.15, -0.1) is 0 Å². The Morgan fingerprint density at radius 3 is 3.12 bits per heavy atom. The highest BCUT2D eigenvalue weighted by Crippen LogP contribution is 2.26. The van der Waals surface area contributed by atoms with Crippen molar-refractivity contribution in [3.05, 3.63) is 38.4 Å². The fourth-order valence-electron chi connectivity index (χ4n) is 1.81. The predicted octanol–water partition coefficient (Wildman–Crippen LogP) is 1.87. The van der Waals surface area contributed by atoms with E-state index in [1.165, 1.54) is 0 Å². The van der Waals surface area contributed by atoms with Gasteiger partial charge in [0.25, 0.3) is 5.56 Å². The number of nitrogens with zero attached hydrogens (tertiary/aromatic N) is 1. The Labute approximate surface area is 105 Å². The van der Waals surface area contributed by atoms with Gasteiger partial charge in [0.1, 0.15) is 0 Å². The van der Waals surface area contributed by atoms with Crippen molar-refractivity contribution in [3.63, 3.8) is 0 Å². The number of halogens is 1. The van der Waals surface area contributed by atoms with Gasteiger partial charge in [-0.05, 0) is 22.0 Å². The molecule has 1 N–H and O–H groups in total. The summed E-state index contributed by atoms with van der Waals surface area (Å²) in [5, 5.41) is 0. The number of rotatable bonds is 1. The normalized spacial score (nSPS) is 14.6. The van der Waals surface area contributed by atoms with Crippen LogP contribution in [0.4, 0.5) is 0 Å². The van der Waals surface area contributed by atoms with Crippen molar-refractivity contribution >= 4 is 15.9 Å². The molecule has 2 aromatic heterocycles. The van der Waals surface area contributed by atoms with Crippen LogP contribution in [0.1, 0.15) is 11.3 Å². The molecule has 0 amide bonds. The molecule has 0 unspecified atom stereocenters. The number of H-pyrrole nitrogens is 1. The Hall–Kier alpha value is -1.40. The number of fused-ring (bicyclic) bond motifs is 1. The first-order chi connectivity index (χ1) is 8.25. The molecule has 1 aliphatic rings. The van der Waals surface area contributed by atoms with Crippen LogP contribution < -0.4 is 5.56 Å². The Balaban J connectivity index is 2.17. The van der Waals surface area contributed by atoms with E-state index in [0.29, 0.717) is 36.8 Å². The second-order valence-corrected chi connectivity index (χ2v) is 4.59. The quantitative estimate of drug-likeness (QED) is 0.872. The number of hydrogen-bond acceptors (Lipinski definition) is 4. The lowest BCUT2D eigenvalue weighted by atomic mass is 10.1. The molecule has 0 fully saturated rings. The van der Waals surface area contributed by atoms with Gasteiger partial charge in [-0.2, -0.15) is 0 Å². The number of hydrogen-bond donors (Lipinski definition) is 1. The molecule has 3 rings (SSSR count). The van der Waals surface area contributed by atoms with E-state index < -0.39 is 0 Å². The molecule has 0 spiro atoms. The minimum absolute atomic E-state index is 0.159. The molecule has 88 valence electrons. The highest BCUT2D eigenvalue weighted by atomic mass is 79.9. The van der Waals surface area contributed by atoms with Crippen LogP contribution in [0.15, 0.2) is 26.0 Å². The van der Waals surface area contributed by atoms with E-state index in [2.05, 4.69) is 25.9 Å². The lowest BCUT2D eigenvalue weighted by molar-refractivity contribution is 0.108. The third-order valence-electron chi connectivity index (χ3n) is 2.66. The molecule has 0 aromatic carbocycles. The lowest BCUT2D eigenvalue weighted by Gasteiger charge is -2.14. The summed E-state index contributed by atoms with van der Waals surface area (Å²) in [5.74, 6) is 0.990. The van der Waals surface area contributed by atoms with Gasteiger partial charge in [-0.1, -0.05) is 0 Å². The van der Waals surface area contributed by atoms with Crippen LogP contribution in [-0.2, 0) is 17.8 Å². The number of aromatic nitrogens is 2. The van der Waals surface area contributed by atoms with Crippen LogP contribution in [0, 0.1) is 0 Å². The van der Waals surface area contributed by atoms with Crippen molar-refractivity contribution in [1.29, 1.82) is 0 Å². The summed E-state index contributed by atoms with van der Waals surface area (Å²) in [7, 11) is 0. The Bertz CT molecular complexity index is 617. The molecule has 2 aromatic rings. The Morgan fingerprint density at radius 1 is 1.47 bits per heavy atom. The van der Waals surface area contributed by atoms with Crippen LogP contribution in [-0.4, -0.2) is 16.6 Å². The minimum atomic E-state index is -0.159. The smallest absolute Gasteiger partial charge is 0.257 e. The first-order valence-corrected chi connectivity index (χ1v) is 5.98. The fraction of sp³-hybridized carbons (Fsp3) is 0.273. The average Bonchev–Trinajstić information content (AvgIpc) is 2.75. The van der Waals surface area contributed by atoms with Crippen molar-refractivity contribution in [1.82, 2.24) is 9.97 Å². The van der Waals surface area contributed by atoms with E-state index in [1.54, 1.807) is 12.3 Å². The van der Waals surface area contributed by atoms with Crippen LogP contribution in [0.2, 0.25) is 0 Å². The third-order valence-corrected chi connectivity index (χ3v) is 3.29. The summed E-state index contributed by atoms with van der Waals surface area (Å²) in [4.78, 5) is 19.0. The van der Waals surface area contributed by atoms with Gasteiger partial charge >= 0.3 is 0 Å². The van der Waals surface area contributed by atoms with E-state index in [9.17, 15) is 4.79 Å². The summed E-state index contributed by atoms with van der Waals surface area (Å²) < 4.78 is 11.3. The molecule has 6 heteroatoms. The van der Waals surface area contributed by atoms with E-state index in [-0.39, 0.29) is 5.56 Å². The molecule has 17 heavy (non-hydrogen) atoms. The van der Waals surface area contributed by atoms with Crippen LogP contribution in [0.5, 0.6) is 0 Å². The first kappa shape index (κ1) is 10.7. The molecule has 5 nitrogen and oxygen atoms in total. The third kappa shape index (κ3) is 1.83. The lowest BCUT2D eigenvalue weighted by Crippen LogP contribution is -2.24. The molecule has 0 aliphatic carbocycles. The van der Waals surface area contributed by atoms with Crippen LogP contribution in [0.25, 0.3) is 11.6 Å². The summed E-state index contributed by atoms with van der Waals surface area (Å²) in [6, 6.07) is 1.76. The molecule has 1 aliphatic heterocycles. The molecule has 0 radical (unpaired) electrons. The van der Waals surface area contributed by atoms with Gasteiger partial charge in [0.05, 0.1) is 35.2 Å². The second-order valence-electron chi connectivity index (χ2n) is 3.74. The predicted molar refractivity (Wildman–Crippen MR) is 63.6 cm³/mol. The van der Waals surface area contributed by atoms with Crippen LogP contribution >= 0.6 is 15.9 Å². The molecule has 0 saturated carbocycles. The van der Waals surface area contributed by atoms with E-state index in [4.69, 9.17) is 9.15 Å². The molecular weight excluding hydrogens is 288 g/mol. The summed E-state index contributed by atoms with van der Waals surface area (Å²) >= 11 is 3.34. The van der Waals surface area contributed by atoms with Gasteiger partial charge in [0, 0.05) is 6.42 Å². The van der Waals surface area contributed by atoms with Gasteiger partial charge < -0.3 is 14.1 Å². The fourth-order valence-corrected chi connectivity index (χ4v) is 2.20. The zero-order valence-electron chi connectivity index (χ0n) is 8.83. The van der Waals surface area contributed by atoms with E-state index in [0.717, 1.165) is 10.2 Å². The molecular formula is C11H9BrN2O3. The number of aromatic amines is 1. The second kappa shape index (κ2) is 4.12. The minimum Gasteiger partial charge on any atom is -0.460 e. The van der Waals surface area contributed by atoms with Crippen molar-refractivity contribution in [3.8, 4) is 11.6 Å². The van der Waals surface area contributed by atoms with Gasteiger partial charge in [-0.3, -0.25) is 4.79 Å². The summed E-state index contributed by atoms with van der Waals surface area (Å²) in [6.45, 7) is 0.930. The van der Waals surface area contributed by atoms with Gasteiger partial charge in [-0.25, -0.2) is 4.98 Å². The van der Waals surface area contributed by atoms with Crippen molar-refractivity contribution < 1.29 is 9.15 Å². The van der Waals surface area contributed by atoms with Crippen molar-refractivity contribution in [2.45, 2.75) is 13.0 Å². The van der Waals surface area contributed by atoms with Crippen molar-refractivity contribution in [2.24, 2.45) is 0 Å². The topological polar surface area (TPSA) is 68.1 Å². The zero-order valence-corrected chi connectivity index (χ0v) is 10.4. The number of furan rings is 1. The molecule has 0 bridgehead atoms. The number of nitrogens with one attached hydrogen (secondary N) is 1. The van der Waals surface area contributed by atoms with E-state index in [1.807, 2.05) is 0 Å². The van der Waals surface area contributed by atoms with Gasteiger partial charge in [0.15, 0.2) is 11.6 Å². The molecule has 3 heterocycles. The van der Waals surface area contributed by atoms with Crippen molar-refractivity contribution in [2.75, 3.05) is 6.61 Å². The summed E-state index contributed by atoms with van der Waals surface area (Å²) in [6.07, 6.45) is 2.20. The zero-order chi connectivity index (χ0) is 11.8. The average molecular weight is 297 g/mol. The Kier molecular flexibility index (Phi) is 2.60. The molecule has 0 saturated heterocycles. The highest BCUT2D eigenvalue weighted by molar-refractivity contribution is 9.10. The first-order valence-electron chi connectivity index (χ1n) is 5.19. The highest BCUT2D eigenvalue weighted by Gasteiger charge is 2.18. The monoisotopic (exact) mass is 296 g/mol. The largest absolute Gasteiger partial charge is 0.460 e. The maximum Gasteiger partial charge on any atom is 0.257 e.